The second-order valence-electron chi connectivity index (χ2n) is 8.36. The van der Waals surface area contributed by atoms with Gasteiger partial charge in [0.1, 0.15) is 23.0 Å². The number of carbonyl (C=O) groups excluding carboxylic acids is 2. The zero-order valence-corrected chi connectivity index (χ0v) is 21.3. The Morgan fingerprint density at radius 2 is 1.68 bits per heavy atom. The highest BCUT2D eigenvalue weighted by Crippen LogP contribution is 2.29. The number of amides is 1. The van der Waals surface area contributed by atoms with Gasteiger partial charge in [-0.2, -0.15) is 0 Å². The molecule has 4 aromatic carbocycles. The predicted molar refractivity (Wildman–Crippen MR) is 147 cm³/mol. The molecule has 0 fully saturated rings. The van der Waals surface area contributed by atoms with Crippen molar-refractivity contribution in [3.05, 3.63) is 101 Å². The molecule has 0 aliphatic rings. The number of benzene rings is 4. The summed E-state index contributed by atoms with van der Waals surface area (Å²) < 4.78 is 17.6. The minimum Gasteiger partial charge on any atom is -0.493 e. The van der Waals surface area contributed by atoms with Crippen LogP contribution in [0.4, 0.5) is 5.69 Å². The predicted octanol–water partition coefficient (Wildman–Crippen LogP) is 7.07. The monoisotopic (exact) mass is 511 g/mol. The third kappa shape index (κ3) is 5.42. The smallest absolute Gasteiger partial charge is 0.348 e. The summed E-state index contributed by atoms with van der Waals surface area (Å²) >= 11 is 1.35. The summed E-state index contributed by atoms with van der Waals surface area (Å²) in [6, 6.07) is 26.7. The maximum Gasteiger partial charge on any atom is 0.348 e. The second-order valence-corrected chi connectivity index (χ2v) is 9.45. The third-order valence-electron chi connectivity index (χ3n) is 5.90. The van der Waals surface area contributed by atoms with E-state index in [1.807, 2.05) is 61.5 Å². The lowest BCUT2D eigenvalue weighted by Gasteiger charge is -2.14. The van der Waals surface area contributed by atoms with Gasteiger partial charge >= 0.3 is 5.97 Å². The summed E-state index contributed by atoms with van der Waals surface area (Å²) in [6.45, 7) is 2.68. The first-order valence-electron chi connectivity index (χ1n) is 11.8. The Kier molecular flexibility index (Phi) is 7.05. The fraction of sp³-hybridized carbons (Fsp3) is 0.133. The molecular formula is C30H25NO5S. The highest BCUT2D eigenvalue weighted by atomic mass is 32.1. The minimum atomic E-state index is -0.375. The van der Waals surface area contributed by atoms with Crippen LogP contribution in [0.15, 0.2) is 84.9 Å². The molecular weight excluding hydrogens is 486 g/mol. The molecule has 0 atom stereocenters. The molecule has 5 aromatic rings. The molecule has 1 N–H and O–H groups in total. The molecule has 0 aliphatic heterocycles. The van der Waals surface area contributed by atoms with E-state index in [4.69, 9.17) is 14.2 Å². The fourth-order valence-corrected chi connectivity index (χ4v) is 5.03. The highest BCUT2D eigenvalue weighted by Gasteiger charge is 2.14. The van der Waals surface area contributed by atoms with Crippen molar-refractivity contribution in [3.63, 3.8) is 0 Å². The van der Waals surface area contributed by atoms with Gasteiger partial charge in [0.05, 0.1) is 13.7 Å². The van der Waals surface area contributed by atoms with Crippen molar-refractivity contribution in [1.29, 1.82) is 0 Å². The number of carbonyl (C=O) groups is 2. The molecule has 1 amide bonds. The van der Waals surface area contributed by atoms with Crippen molar-refractivity contribution in [2.24, 2.45) is 0 Å². The van der Waals surface area contributed by atoms with Crippen molar-refractivity contribution in [1.82, 2.24) is 0 Å². The van der Waals surface area contributed by atoms with E-state index >= 15 is 0 Å². The topological polar surface area (TPSA) is 73.9 Å². The van der Waals surface area contributed by atoms with Crippen LogP contribution in [0, 0.1) is 0 Å². The molecule has 5 rings (SSSR count). The van der Waals surface area contributed by atoms with E-state index in [0.29, 0.717) is 28.5 Å². The van der Waals surface area contributed by atoms with E-state index in [1.165, 1.54) is 18.4 Å². The standard InChI is InChI=1S/C30H25NO5S/c1-3-35-26-12-9-21(14-23(26)18-36-25-11-8-19-6-4-5-7-20(19)16-25)29(32)31-24-10-13-27-22(15-24)17-28(37-27)30(33)34-2/h4-17H,3,18H2,1-2H3,(H,31,32). The van der Waals surface area contributed by atoms with Crippen LogP contribution in [0.3, 0.4) is 0 Å². The van der Waals surface area contributed by atoms with Crippen molar-refractivity contribution >= 4 is 49.8 Å². The van der Waals surface area contributed by atoms with Crippen molar-refractivity contribution in [2.45, 2.75) is 13.5 Å². The lowest BCUT2D eigenvalue weighted by Crippen LogP contribution is -2.13. The fourth-order valence-electron chi connectivity index (χ4n) is 4.07. The first kappa shape index (κ1) is 24.3. The Morgan fingerprint density at radius 3 is 2.49 bits per heavy atom. The van der Waals surface area contributed by atoms with E-state index in [-0.39, 0.29) is 18.5 Å². The minimum absolute atomic E-state index is 0.252. The summed E-state index contributed by atoms with van der Waals surface area (Å²) in [5.41, 5.74) is 1.90. The van der Waals surface area contributed by atoms with Gasteiger partial charge in [-0.3, -0.25) is 4.79 Å². The van der Waals surface area contributed by atoms with Gasteiger partial charge in [-0.15, -0.1) is 11.3 Å². The Labute approximate surface area is 218 Å². The molecule has 0 unspecified atom stereocenters. The van der Waals surface area contributed by atoms with Gasteiger partial charge in [0.15, 0.2) is 0 Å². The number of hydrogen-bond donors (Lipinski definition) is 1. The van der Waals surface area contributed by atoms with E-state index in [1.54, 1.807) is 24.3 Å². The molecule has 0 spiro atoms. The first-order chi connectivity index (χ1) is 18.0. The zero-order chi connectivity index (χ0) is 25.8. The highest BCUT2D eigenvalue weighted by molar-refractivity contribution is 7.20. The normalized spacial score (nSPS) is 10.9. The Morgan fingerprint density at radius 1 is 0.838 bits per heavy atom. The van der Waals surface area contributed by atoms with Crippen LogP contribution in [-0.4, -0.2) is 25.6 Å². The van der Waals surface area contributed by atoms with Crippen molar-refractivity contribution < 1.29 is 23.8 Å². The average Bonchev–Trinajstić information content (AvgIpc) is 3.35. The van der Waals surface area contributed by atoms with Crippen molar-refractivity contribution in [3.8, 4) is 11.5 Å². The molecule has 7 heteroatoms. The van der Waals surface area contributed by atoms with Crippen LogP contribution < -0.4 is 14.8 Å². The number of thiophene rings is 1. The molecule has 0 radical (unpaired) electrons. The molecule has 186 valence electrons. The van der Waals surface area contributed by atoms with Crippen LogP contribution in [0.25, 0.3) is 20.9 Å². The molecule has 0 aliphatic carbocycles. The maximum atomic E-state index is 13.1. The number of esters is 1. The van der Waals surface area contributed by atoms with Gasteiger partial charge in [0.25, 0.3) is 5.91 Å². The number of rotatable bonds is 8. The molecule has 1 heterocycles. The summed E-state index contributed by atoms with van der Waals surface area (Å²) in [6.07, 6.45) is 0. The number of fused-ring (bicyclic) bond motifs is 2. The summed E-state index contributed by atoms with van der Waals surface area (Å²) in [5.74, 6) is 0.790. The van der Waals surface area contributed by atoms with Gasteiger partial charge in [-0.05, 0) is 77.7 Å². The number of ether oxygens (including phenoxy) is 3. The number of methoxy groups -OCH3 is 1. The van der Waals surface area contributed by atoms with E-state index in [9.17, 15) is 9.59 Å². The zero-order valence-electron chi connectivity index (χ0n) is 20.4. The van der Waals surface area contributed by atoms with Crippen LogP contribution in [-0.2, 0) is 11.3 Å². The van der Waals surface area contributed by atoms with E-state index in [0.717, 1.165) is 32.2 Å². The molecule has 0 saturated heterocycles. The Hall–Kier alpha value is -4.36. The van der Waals surface area contributed by atoms with Gasteiger partial charge in [0, 0.05) is 21.5 Å². The molecule has 0 bridgehead atoms. The lowest BCUT2D eigenvalue weighted by atomic mass is 10.1. The summed E-state index contributed by atoms with van der Waals surface area (Å²) in [4.78, 5) is 25.4. The number of hydrogen-bond acceptors (Lipinski definition) is 6. The van der Waals surface area contributed by atoms with Crippen LogP contribution in [0.1, 0.15) is 32.5 Å². The second kappa shape index (κ2) is 10.7. The average molecular weight is 512 g/mol. The van der Waals surface area contributed by atoms with Crippen LogP contribution in [0.2, 0.25) is 0 Å². The SMILES string of the molecule is CCOc1ccc(C(=O)Nc2ccc3sc(C(=O)OC)cc3c2)cc1COc1ccc2ccccc2c1. The number of nitrogens with one attached hydrogen (secondary N) is 1. The lowest BCUT2D eigenvalue weighted by molar-refractivity contribution is 0.0606. The van der Waals surface area contributed by atoms with Gasteiger partial charge in [0.2, 0.25) is 0 Å². The van der Waals surface area contributed by atoms with Gasteiger partial charge in [-0.1, -0.05) is 30.3 Å². The quantitative estimate of drug-likeness (QED) is 0.226. The maximum absolute atomic E-state index is 13.1. The molecule has 1 aromatic heterocycles. The molecule has 6 nitrogen and oxygen atoms in total. The van der Waals surface area contributed by atoms with Crippen LogP contribution >= 0.6 is 11.3 Å². The Bertz CT molecular complexity index is 1610. The van der Waals surface area contributed by atoms with E-state index < -0.39 is 0 Å². The third-order valence-corrected chi connectivity index (χ3v) is 6.99. The van der Waals surface area contributed by atoms with Gasteiger partial charge in [-0.25, -0.2) is 4.79 Å². The summed E-state index contributed by atoms with van der Waals surface area (Å²) in [5, 5.41) is 6.04. The van der Waals surface area contributed by atoms with Crippen LogP contribution in [0.5, 0.6) is 11.5 Å². The first-order valence-corrected chi connectivity index (χ1v) is 12.7. The summed E-state index contributed by atoms with van der Waals surface area (Å²) in [7, 11) is 1.36. The number of anilines is 1. The molecule has 0 saturated carbocycles. The van der Waals surface area contributed by atoms with Gasteiger partial charge < -0.3 is 19.5 Å². The largest absolute Gasteiger partial charge is 0.493 e. The van der Waals surface area contributed by atoms with E-state index in [2.05, 4.69) is 11.4 Å². The molecule has 37 heavy (non-hydrogen) atoms. The Balaban J connectivity index is 1.34. The van der Waals surface area contributed by atoms with Crippen molar-refractivity contribution in [2.75, 3.05) is 19.0 Å².